The number of hydrogen-bond acceptors (Lipinski definition) is 2. The molecule has 2 aromatic rings. The number of carbonyl (C=O) groups excluding carboxylic acids is 2. The zero-order valence-electron chi connectivity index (χ0n) is 9.59. The van der Waals surface area contributed by atoms with Gasteiger partial charge in [0.2, 0.25) is 11.8 Å². The van der Waals surface area contributed by atoms with Crippen molar-refractivity contribution in [3.05, 3.63) is 59.7 Å². The average molecular weight is 240 g/mol. The van der Waals surface area contributed by atoms with Gasteiger partial charge in [0.1, 0.15) is 0 Å². The molecule has 0 saturated carbocycles. The molecule has 4 N–H and O–H groups in total. The van der Waals surface area contributed by atoms with Gasteiger partial charge in [-0.25, -0.2) is 0 Å². The fourth-order valence-electron chi connectivity index (χ4n) is 1.68. The third-order valence-electron chi connectivity index (χ3n) is 2.65. The summed E-state index contributed by atoms with van der Waals surface area (Å²) in [5, 5.41) is 0. The number of rotatable bonds is 3. The lowest BCUT2D eigenvalue weighted by molar-refractivity contribution is 0.0992. The molecule has 2 aromatic carbocycles. The molecule has 0 bridgehead atoms. The van der Waals surface area contributed by atoms with Crippen molar-refractivity contribution in [2.75, 3.05) is 0 Å². The van der Waals surface area contributed by atoms with E-state index in [1.54, 1.807) is 42.5 Å². The SMILES string of the molecule is NC(=O)c1ccc(-c2cccc(C(N)=O)c2)cc1. The number of primary amides is 2. The smallest absolute Gasteiger partial charge is 0.248 e. The van der Waals surface area contributed by atoms with Gasteiger partial charge in [0.05, 0.1) is 0 Å². The Balaban J connectivity index is 2.39. The Morgan fingerprint density at radius 2 is 1.33 bits per heavy atom. The number of hydrogen-bond donors (Lipinski definition) is 2. The summed E-state index contributed by atoms with van der Waals surface area (Å²) < 4.78 is 0. The van der Waals surface area contributed by atoms with Gasteiger partial charge in [0.15, 0.2) is 0 Å². The maximum absolute atomic E-state index is 11.1. The minimum atomic E-state index is -0.467. The molecule has 0 fully saturated rings. The van der Waals surface area contributed by atoms with Gasteiger partial charge in [0, 0.05) is 11.1 Å². The summed E-state index contributed by atoms with van der Waals surface area (Å²) in [5.74, 6) is -0.932. The van der Waals surface area contributed by atoms with E-state index in [9.17, 15) is 9.59 Å². The molecule has 0 heterocycles. The van der Waals surface area contributed by atoms with Crippen LogP contribution in [0.25, 0.3) is 11.1 Å². The molecule has 0 aliphatic carbocycles. The largest absolute Gasteiger partial charge is 0.366 e. The molecule has 90 valence electrons. The first kappa shape index (κ1) is 11.9. The van der Waals surface area contributed by atoms with Crippen molar-refractivity contribution in [2.45, 2.75) is 0 Å². The van der Waals surface area contributed by atoms with Crippen molar-refractivity contribution in [1.82, 2.24) is 0 Å². The quantitative estimate of drug-likeness (QED) is 0.852. The fourth-order valence-corrected chi connectivity index (χ4v) is 1.68. The molecule has 4 nitrogen and oxygen atoms in total. The van der Waals surface area contributed by atoms with E-state index in [0.717, 1.165) is 11.1 Å². The lowest BCUT2D eigenvalue weighted by Crippen LogP contribution is -2.11. The first-order valence-electron chi connectivity index (χ1n) is 5.38. The molecule has 0 atom stereocenters. The van der Waals surface area contributed by atoms with Crippen LogP contribution < -0.4 is 11.5 Å². The predicted octanol–water partition coefficient (Wildman–Crippen LogP) is 1.55. The molecule has 4 heteroatoms. The highest BCUT2D eigenvalue weighted by Crippen LogP contribution is 2.20. The lowest BCUT2D eigenvalue weighted by Gasteiger charge is -2.04. The number of amides is 2. The van der Waals surface area contributed by atoms with Crippen LogP contribution in [0, 0.1) is 0 Å². The van der Waals surface area contributed by atoms with E-state index in [-0.39, 0.29) is 0 Å². The predicted molar refractivity (Wildman–Crippen MR) is 68.9 cm³/mol. The maximum Gasteiger partial charge on any atom is 0.248 e. The zero-order valence-corrected chi connectivity index (χ0v) is 9.59. The van der Waals surface area contributed by atoms with Crippen LogP contribution in [0.15, 0.2) is 48.5 Å². The lowest BCUT2D eigenvalue weighted by atomic mass is 10.0. The zero-order chi connectivity index (χ0) is 13.1. The first-order valence-corrected chi connectivity index (χ1v) is 5.38. The van der Waals surface area contributed by atoms with Crippen LogP contribution in [-0.2, 0) is 0 Å². The van der Waals surface area contributed by atoms with Crippen LogP contribution in [0.5, 0.6) is 0 Å². The van der Waals surface area contributed by atoms with Crippen molar-refractivity contribution in [1.29, 1.82) is 0 Å². The summed E-state index contributed by atoms with van der Waals surface area (Å²) in [6.07, 6.45) is 0. The summed E-state index contributed by atoms with van der Waals surface area (Å²) in [7, 11) is 0. The highest BCUT2D eigenvalue weighted by Gasteiger charge is 2.04. The van der Waals surface area contributed by atoms with Crippen LogP contribution in [-0.4, -0.2) is 11.8 Å². The van der Waals surface area contributed by atoms with Crippen molar-refractivity contribution in [2.24, 2.45) is 11.5 Å². The van der Waals surface area contributed by atoms with Crippen LogP contribution >= 0.6 is 0 Å². The number of nitrogens with two attached hydrogens (primary N) is 2. The Bertz CT molecular complexity index is 603. The van der Waals surface area contributed by atoms with Gasteiger partial charge in [0.25, 0.3) is 0 Å². The van der Waals surface area contributed by atoms with Crippen molar-refractivity contribution in [3.63, 3.8) is 0 Å². The van der Waals surface area contributed by atoms with Gasteiger partial charge in [-0.15, -0.1) is 0 Å². The van der Waals surface area contributed by atoms with E-state index in [0.29, 0.717) is 11.1 Å². The molecule has 0 unspecified atom stereocenters. The summed E-state index contributed by atoms with van der Waals surface area (Å²) in [5.41, 5.74) is 13.0. The van der Waals surface area contributed by atoms with E-state index in [1.165, 1.54) is 0 Å². The second-order valence-corrected chi connectivity index (χ2v) is 3.89. The fraction of sp³-hybridized carbons (Fsp3) is 0. The van der Waals surface area contributed by atoms with Gasteiger partial charge < -0.3 is 11.5 Å². The molecule has 0 aromatic heterocycles. The Kier molecular flexibility index (Phi) is 3.10. The molecule has 0 aliphatic heterocycles. The molecule has 0 spiro atoms. The van der Waals surface area contributed by atoms with Crippen LogP contribution in [0.3, 0.4) is 0 Å². The molecular weight excluding hydrogens is 228 g/mol. The summed E-state index contributed by atoms with van der Waals surface area (Å²) in [6.45, 7) is 0. The van der Waals surface area contributed by atoms with Crippen LogP contribution in [0.2, 0.25) is 0 Å². The molecule has 2 rings (SSSR count). The molecular formula is C14H12N2O2. The van der Waals surface area contributed by atoms with Crippen molar-refractivity contribution >= 4 is 11.8 Å². The molecule has 0 radical (unpaired) electrons. The standard InChI is InChI=1S/C14H12N2O2/c15-13(17)10-6-4-9(5-7-10)11-2-1-3-12(8-11)14(16)18/h1-8H,(H2,15,17)(H2,16,18). The molecule has 2 amide bonds. The van der Waals surface area contributed by atoms with Crippen molar-refractivity contribution in [3.8, 4) is 11.1 Å². The van der Waals surface area contributed by atoms with E-state index in [2.05, 4.69) is 0 Å². The average Bonchev–Trinajstić information content (AvgIpc) is 2.39. The van der Waals surface area contributed by atoms with Crippen LogP contribution in [0.1, 0.15) is 20.7 Å². The van der Waals surface area contributed by atoms with Gasteiger partial charge in [-0.1, -0.05) is 24.3 Å². The monoisotopic (exact) mass is 240 g/mol. The highest BCUT2D eigenvalue weighted by molar-refractivity contribution is 5.95. The third kappa shape index (κ3) is 2.38. The second-order valence-electron chi connectivity index (χ2n) is 3.89. The van der Waals surface area contributed by atoms with E-state index >= 15 is 0 Å². The van der Waals surface area contributed by atoms with E-state index in [1.807, 2.05) is 6.07 Å². The Morgan fingerprint density at radius 3 is 1.89 bits per heavy atom. The number of carbonyl (C=O) groups is 2. The van der Waals surface area contributed by atoms with E-state index < -0.39 is 11.8 Å². The third-order valence-corrected chi connectivity index (χ3v) is 2.65. The minimum absolute atomic E-state index is 0.449. The first-order chi connectivity index (χ1) is 8.58. The summed E-state index contributed by atoms with van der Waals surface area (Å²) in [6, 6.07) is 13.8. The minimum Gasteiger partial charge on any atom is -0.366 e. The van der Waals surface area contributed by atoms with Gasteiger partial charge >= 0.3 is 0 Å². The highest BCUT2D eigenvalue weighted by atomic mass is 16.1. The Labute approximate surface area is 104 Å². The molecule has 18 heavy (non-hydrogen) atoms. The summed E-state index contributed by atoms with van der Waals surface area (Å²) in [4.78, 5) is 22.0. The van der Waals surface area contributed by atoms with Gasteiger partial charge in [-0.05, 0) is 35.4 Å². The van der Waals surface area contributed by atoms with Crippen LogP contribution in [0.4, 0.5) is 0 Å². The number of benzene rings is 2. The Morgan fingerprint density at radius 1 is 0.722 bits per heavy atom. The topological polar surface area (TPSA) is 86.2 Å². The molecule has 0 saturated heterocycles. The normalized spacial score (nSPS) is 10.0. The maximum atomic E-state index is 11.1. The molecule has 0 aliphatic rings. The van der Waals surface area contributed by atoms with Crippen molar-refractivity contribution < 1.29 is 9.59 Å². The Hall–Kier alpha value is -2.62. The van der Waals surface area contributed by atoms with E-state index in [4.69, 9.17) is 11.5 Å². The summed E-state index contributed by atoms with van der Waals surface area (Å²) >= 11 is 0. The van der Waals surface area contributed by atoms with Gasteiger partial charge in [-0.3, -0.25) is 9.59 Å². The van der Waals surface area contributed by atoms with Gasteiger partial charge in [-0.2, -0.15) is 0 Å². The second kappa shape index (κ2) is 4.71.